The molecule has 0 saturated heterocycles. The van der Waals surface area contributed by atoms with Gasteiger partial charge < -0.3 is 14.8 Å². The fourth-order valence-corrected chi connectivity index (χ4v) is 1.27. The van der Waals surface area contributed by atoms with Crippen LogP contribution in [0.4, 0.5) is 13.2 Å². The fourth-order valence-electron chi connectivity index (χ4n) is 1.27. The zero-order valence-electron chi connectivity index (χ0n) is 9.16. The van der Waals surface area contributed by atoms with E-state index in [1.54, 1.807) is 6.92 Å². The molecule has 0 spiro atoms. The standard InChI is InChI=1S/C10H12BF3O3/c1-2-5-17-9-6-7(11(15)16)3-4-8(9)10(12,13)14/h3-4,6,15-16H,2,5H2,1H3. The lowest BCUT2D eigenvalue weighted by Crippen LogP contribution is -2.30. The second-order valence-corrected chi connectivity index (χ2v) is 3.48. The van der Waals surface area contributed by atoms with Crippen molar-refractivity contribution >= 4 is 12.6 Å². The first kappa shape index (κ1) is 13.9. The lowest BCUT2D eigenvalue weighted by atomic mass is 9.80. The van der Waals surface area contributed by atoms with Crippen molar-refractivity contribution in [1.29, 1.82) is 0 Å². The molecule has 0 amide bonds. The van der Waals surface area contributed by atoms with Gasteiger partial charge in [-0.2, -0.15) is 13.2 Å². The highest BCUT2D eigenvalue weighted by Gasteiger charge is 2.34. The zero-order valence-corrected chi connectivity index (χ0v) is 9.16. The third kappa shape index (κ3) is 3.64. The molecule has 0 radical (unpaired) electrons. The normalized spacial score (nSPS) is 11.4. The Balaban J connectivity index is 3.12. The van der Waals surface area contributed by atoms with E-state index in [0.717, 1.165) is 18.2 Å². The van der Waals surface area contributed by atoms with Crippen LogP contribution in [0.2, 0.25) is 0 Å². The summed E-state index contributed by atoms with van der Waals surface area (Å²) in [5, 5.41) is 17.8. The van der Waals surface area contributed by atoms with Crippen LogP contribution in [0.15, 0.2) is 18.2 Å². The number of rotatable bonds is 4. The van der Waals surface area contributed by atoms with E-state index >= 15 is 0 Å². The van der Waals surface area contributed by atoms with Gasteiger partial charge in [0.25, 0.3) is 0 Å². The van der Waals surface area contributed by atoms with Crippen LogP contribution in [0.5, 0.6) is 5.75 Å². The summed E-state index contributed by atoms with van der Waals surface area (Å²) in [6, 6.07) is 2.77. The molecule has 2 N–H and O–H groups in total. The van der Waals surface area contributed by atoms with E-state index in [1.165, 1.54) is 0 Å². The molecule has 0 bridgehead atoms. The molecule has 0 saturated carbocycles. The fraction of sp³-hybridized carbons (Fsp3) is 0.400. The zero-order chi connectivity index (χ0) is 13.1. The molecule has 17 heavy (non-hydrogen) atoms. The van der Waals surface area contributed by atoms with Gasteiger partial charge in [0.1, 0.15) is 5.75 Å². The largest absolute Gasteiger partial charge is 0.493 e. The second kappa shape index (κ2) is 5.42. The number of hydrogen-bond donors (Lipinski definition) is 2. The highest BCUT2D eigenvalue weighted by Crippen LogP contribution is 2.35. The van der Waals surface area contributed by atoms with Gasteiger partial charge in [0, 0.05) is 0 Å². The van der Waals surface area contributed by atoms with E-state index in [2.05, 4.69) is 0 Å². The van der Waals surface area contributed by atoms with Crippen LogP contribution in [0, 0.1) is 0 Å². The molecular weight excluding hydrogens is 236 g/mol. The summed E-state index contributed by atoms with van der Waals surface area (Å²) in [6.45, 7) is 1.89. The predicted molar refractivity (Wildman–Crippen MR) is 57.1 cm³/mol. The lowest BCUT2D eigenvalue weighted by molar-refractivity contribution is -0.138. The van der Waals surface area contributed by atoms with Gasteiger partial charge in [-0.1, -0.05) is 13.0 Å². The van der Waals surface area contributed by atoms with E-state index in [9.17, 15) is 13.2 Å². The Kier molecular flexibility index (Phi) is 4.42. The molecule has 1 aromatic rings. The molecule has 0 atom stereocenters. The molecule has 3 nitrogen and oxygen atoms in total. The molecule has 0 aliphatic heterocycles. The smallest absolute Gasteiger partial charge is 0.488 e. The molecule has 0 aliphatic carbocycles. The molecule has 1 rings (SSSR count). The Morgan fingerprint density at radius 2 is 1.94 bits per heavy atom. The van der Waals surface area contributed by atoms with Crippen molar-refractivity contribution in [1.82, 2.24) is 0 Å². The average molecular weight is 248 g/mol. The molecular formula is C10H12BF3O3. The predicted octanol–water partition coefficient (Wildman–Crippen LogP) is 1.17. The number of ether oxygens (including phenoxy) is 1. The summed E-state index contributed by atoms with van der Waals surface area (Å²) in [5.74, 6) is -0.384. The first-order chi connectivity index (χ1) is 7.86. The van der Waals surface area contributed by atoms with Crippen molar-refractivity contribution in [2.75, 3.05) is 6.61 Å². The van der Waals surface area contributed by atoms with Crippen LogP contribution < -0.4 is 10.2 Å². The summed E-state index contributed by atoms with van der Waals surface area (Å²) < 4.78 is 42.8. The Morgan fingerprint density at radius 1 is 1.29 bits per heavy atom. The minimum Gasteiger partial charge on any atom is -0.493 e. The van der Waals surface area contributed by atoms with Crippen LogP contribution in [0.1, 0.15) is 18.9 Å². The maximum absolute atomic E-state index is 12.6. The summed E-state index contributed by atoms with van der Waals surface area (Å²) in [7, 11) is -1.82. The van der Waals surface area contributed by atoms with Crippen LogP contribution >= 0.6 is 0 Å². The Hall–Kier alpha value is -1.21. The van der Waals surface area contributed by atoms with E-state index in [4.69, 9.17) is 14.8 Å². The monoisotopic (exact) mass is 248 g/mol. The number of hydrogen-bond acceptors (Lipinski definition) is 3. The van der Waals surface area contributed by atoms with Crippen LogP contribution in [-0.4, -0.2) is 23.8 Å². The molecule has 0 aliphatic rings. The topological polar surface area (TPSA) is 49.7 Å². The molecule has 0 fully saturated rings. The van der Waals surface area contributed by atoms with Crippen LogP contribution in [0.25, 0.3) is 0 Å². The highest BCUT2D eigenvalue weighted by atomic mass is 19.4. The first-order valence-corrected chi connectivity index (χ1v) is 5.06. The molecule has 94 valence electrons. The maximum Gasteiger partial charge on any atom is 0.488 e. The van der Waals surface area contributed by atoms with Gasteiger partial charge >= 0.3 is 13.3 Å². The van der Waals surface area contributed by atoms with Gasteiger partial charge in [-0.05, 0) is 24.0 Å². The van der Waals surface area contributed by atoms with Gasteiger partial charge in [0.2, 0.25) is 0 Å². The quantitative estimate of drug-likeness (QED) is 0.786. The van der Waals surface area contributed by atoms with Crippen LogP contribution in [-0.2, 0) is 6.18 Å². The molecule has 1 aromatic carbocycles. The SMILES string of the molecule is CCCOc1cc(B(O)O)ccc1C(F)(F)F. The summed E-state index contributed by atoms with van der Waals surface area (Å²) in [5.41, 5.74) is -0.959. The van der Waals surface area contributed by atoms with E-state index in [0.29, 0.717) is 6.42 Å². The maximum atomic E-state index is 12.6. The van der Waals surface area contributed by atoms with Crippen LogP contribution in [0.3, 0.4) is 0 Å². The van der Waals surface area contributed by atoms with E-state index in [-0.39, 0.29) is 17.8 Å². The van der Waals surface area contributed by atoms with Gasteiger partial charge in [0.05, 0.1) is 12.2 Å². The van der Waals surface area contributed by atoms with Crippen molar-refractivity contribution in [2.45, 2.75) is 19.5 Å². The number of alkyl halides is 3. The van der Waals surface area contributed by atoms with Crippen molar-refractivity contribution in [3.8, 4) is 5.75 Å². The molecule has 0 aromatic heterocycles. The Bertz CT molecular complexity index is 380. The van der Waals surface area contributed by atoms with Gasteiger partial charge in [-0.15, -0.1) is 0 Å². The minimum atomic E-state index is -4.53. The third-order valence-corrected chi connectivity index (χ3v) is 2.07. The molecule has 0 unspecified atom stereocenters. The van der Waals surface area contributed by atoms with Gasteiger partial charge in [-0.25, -0.2) is 0 Å². The Morgan fingerprint density at radius 3 is 2.41 bits per heavy atom. The minimum absolute atomic E-state index is 0.0379. The van der Waals surface area contributed by atoms with E-state index in [1.807, 2.05) is 0 Å². The summed E-state index contributed by atoms with van der Waals surface area (Å²) >= 11 is 0. The molecule has 7 heteroatoms. The first-order valence-electron chi connectivity index (χ1n) is 5.06. The average Bonchev–Trinajstić information content (AvgIpc) is 2.24. The third-order valence-electron chi connectivity index (χ3n) is 2.07. The van der Waals surface area contributed by atoms with Gasteiger partial charge in [-0.3, -0.25) is 0 Å². The number of halogens is 3. The van der Waals surface area contributed by atoms with Gasteiger partial charge in [0.15, 0.2) is 0 Å². The van der Waals surface area contributed by atoms with Crippen molar-refractivity contribution in [3.05, 3.63) is 23.8 Å². The van der Waals surface area contributed by atoms with Crippen molar-refractivity contribution < 1.29 is 28.0 Å². The Labute approximate surface area is 97.0 Å². The molecule has 0 heterocycles. The summed E-state index contributed by atoms with van der Waals surface area (Å²) in [4.78, 5) is 0. The van der Waals surface area contributed by atoms with Crippen molar-refractivity contribution in [3.63, 3.8) is 0 Å². The highest BCUT2D eigenvalue weighted by molar-refractivity contribution is 6.58. The second-order valence-electron chi connectivity index (χ2n) is 3.48. The number of benzene rings is 1. The van der Waals surface area contributed by atoms with Crippen molar-refractivity contribution in [2.24, 2.45) is 0 Å². The van der Waals surface area contributed by atoms with E-state index < -0.39 is 18.9 Å². The lowest BCUT2D eigenvalue weighted by Gasteiger charge is -2.14. The summed E-state index contributed by atoms with van der Waals surface area (Å²) in [6.07, 6.45) is -3.97.